The van der Waals surface area contributed by atoms with Crippen LogP contribution in [0, 0.1) is 5.92 Å². The molecule has 3 fully saturated rings. The van der Waals surface area contributed by atoms with Crippen molar-refractivity contribution in [2.24, 2.45) is 5.92 Å². The zero-order valence-electron chi connectivity index (χ0n) is 20.2. The maximum absolute atomic E-state index is 13.4. The zero-order chi connectivity index (χ0) is 23.7. The minimum Gasteiger partial charge on any atom is -0.399 e. The Balaban J connectivity index is 1.39. The molecule has 34 heavy (non-hydrogen) atoms. The molecular weight excluding hydrogens is 448 g/mol. The Morgan fingerprint density at radius 2 is 2.15 bits per heavy atom. The number of carbonyl (C=O) groups excluding carboxylic acids is 1. The van der Waals surface area contributed by atoms with Crippen LogP contribution < -0.4 is 21.7 Å². The van der Waals surface area contributed by atoms with E-state index in [-0.39, 0.29) is 41.3 Å². The summed E-state index contributed by atoms with van der Waals surface area (Å²) in [5.74, 6) is 0.131. The number of piperidine rings is 1. The van der Waals surface area contributed by atoms with Crippen LogP contribution in [-0.4, -0.2) is 64.7 Å². The third-order valence-corrected chi connectivity index (χ3v) is 8.56. The van der Waals surface area contributed by atoms with E-state index >= 15 is 0 Å². The number of thioether (sulfide) groups is 1. The molecule has 1 amide bonds. The van der Waals surface area contributed by atoms with Gasteiger partial charge in [0.15, 0.2) is 0 Å². The lowest BCUT2D eigenvalue weighted by atomic mass is 9.84. The van der Waals surface area contributed by atoms with Crippen molar-refractivity contribution in [3.8, 4) is 0 Å². The minimum absolute atomic E-state index is 0.00364. The molecule has 4 heterocycles. The number of rotatable bonds is 4. The van der Waals surface area contributed by atoms with Crippen molar-refractivity contribution in [1.82, 2.24) is 26.0 Å². The van der Waals surface area contributed by atoms with Gasteiger partial charge in [-0.25, -0.2) is 0 Å². The molecule has 4 aliphatic rings. The highest BCUT2D eigenvalue weighted by Gasteiger charge is 2.52. The van der Waals surface area contributed by atoms with Gasteiger partial charge in [0, 0.05) is 18.3 Å². The van der Waals surface area contributed by atoms with E-state index in [0.29, 0.717) is 19.7 Å². The first kappa shape index (κ1) is 24.1. The summed E-state index contributed by atoms with van der Waals surface area (Å²) in [4.78, 5) is 13.4. The van der Waals surface area contributed by atoms with E-state index in [9.17, 15) is 4.79 Å². The molecule has 0 aromatic heterocycles. The topological polar surface area (TPSA) is 94.9 Å². The number of nitrogens with zero attached hydrogens (tertiary/aromatic N) is 2. The lowest BCUT2D eigenvalue weighted by Crippen LogP contribution is -2.67. The van der Waals surface area contributed by atoms with E-state index in [1.165, 1.54) is 0 Å². The number of nitrogens with one attached hydrogen (secondary N) is 3. The smallest absolute Gasteiger partial charge is 0.244 e. The summed E-state index contributed by atoms with van der Waals surface area (Å²) in [6, 6.07) is 8.15. The molecule has 1 aromatic rings. The van der Waals surface area contributed by atoms with Gasteiger partial charge in [0.25, 0.3) is 0 Å². The SMILES string of the molecule is CSC1NCC2C(=O)N3C/C=C\CC[C@@](C)(OCc4cccc(N)c4)C4CCCC(N4)N3C2N1. The molecule has 8 nitrogen and oxygen atoms in total. The van der Waals surface area contributed by atoms with Gasteiger partial charge in [0.2, 0.25) is 5.91 Å². The van der Waals surface area contributed by atoms with Crippen molar-refractivity contribution in [1.29, 1.82) is 0 Å². The minimum atomic E-state index is -0.324. The van der Waals surface area contributed by atoms with Gasteiger partial charge in [-0.3, -0.25) is 25.8 Å². The number of fused-ring (bicyclic) bond motifs is 6. The van der Waals surface area contributed by atoms with Crippen molar-refractivity contribution in [2.75, 3.05) is 25.1 Å². The van der Waals surface area contributed by atoms with Gasteiger partial charge < -0.3 is 10.5 Å². The standard InChI is InChI=1S/C25H38N6O2S/c1-25(33-16-17-8-6-9-18(26)14-17)12-4-3-5-13-30-23(32)19-15-27-24(34-2)29-22(19)31(30)21-11-7-10-20(25)28-21/h3,5-6,8-9,14,19-22,24,27-29H,4,7,10-13,15-16,26H2,1-2H3/b5-3-/t19?,20?,21?,22?,24?,25-/m1/s1. The number of amides is 1. The van der Waals surface area contributed by atoms with Crippen molar-refractivity contribution in [3.05, 3.63) is 42.0 Å². The van der Waals surface area contributed by atoms with E-state index in [0.717, 1.165) is 43.4 Å². The predicted octanol–water partition coefficient (Wildman–Crippen LogP) is 2.20. The Labute approximate surface area is 207 Å². The molecule has 0 saturated carbocycles. The number of ether oxygens (including phenoxy) is 1. The summed E-state index contributed by atoms with van der Waals surface area (Å²) >= 11 is 1.74. The highest BCUT2D eigenvalue weighted by Crippen LogP contribution is 2.36. The van der Waals surface area contributed by atoms with Crippen LogP contribution in [0.25, 0.3) is 0 Å². The fourth-order valence-electron chi connectivity index (χ4n) is 5.86. The van der Waals surface area contributed by atoms with Crippen molar-refractivity contribution in [2.45, 2.75) is 75.1 Å². The molecule has 1 aromatic carbocycles. The number of nitrogens with two attached hydrogens (primary N) is 1. The zero-order valence-corrected chi connectivity index (χ0v) is 21.0. The highest BCUT2D eigenvalue weighted by molar-refractivity contribution is 7.99. The quantitative estimate of drug-likeness (QED) is 0.380. The van der Waals surface area contributed by atoms with Crippen LogP contribution >= 0.6 is 11.8 Å². The van der Waals surface area contributed by atoms with Crippen molar-refractivity contribution < 1.29 is 9.53 Å². The molecule has 9 heteroatoms. The number of hydrogen-bond donors (Lipinski definition) is 4. The summed E-state index contributed by atoms with van der Waals surface area (Å²) < 4.78 is 6.66. The van der Waals surface area contributed by atoms with Crippen LogP contribution in [0.15, 0.2) is 36.4 Å². The number of benzene rings is 1. The van der Waals surface area contributed by atoms with Crippen LogP contribution in [0.2, 0.25) is 0 Å². The normalized spacial score (nSPS) is 37.5. The van der Waals surface area contributed by atoms with Gasteiger partial charge in [-0.15, -0.1) is 11.8 Å². The lowest BCUT2D eigenvalue weighted by molar-refractivity contribution is -0.148. The van der Waals surface area contributed by atoms with Crippen molar-refractivity contribution in [3.63, 3.8) is 0 Å². The van der Waals surface area contributed by atoms with Crippen LogP contribution in [0.5, 0.6) is 0 Å². The number of nitrogen functional groups attached to an aromatic ring is 1. The maximum Gasteiger partial charge on any atom is 0.244 e. The molecule has 2 bridgehead atoms. The first-order chi connectivity index (χ1) is 16.5. The second-order valence-electron chi connectivity index (χ2n) is 10.1. The van der Waals surface area contributed by atoms with Gasteiger partial charge in [-0.05, 0) is 63.0 Å². The Hall–Kier alpha value is -1.62. The average Bonchev–Trinajstić information content (AvgIpc) is 3.12. The molecule has 6 atom stereocenters. The van der Waals surface area contributed by atoms with Gasteiger partial charge in [0.1, 0.15) is 5.50 Å². The van der Waals surface area contributed by atoms with E-state index in [1.54, 1.807) is 11.8 Å². The highest BCUT2D eigenvalue weighted by atomic mass is 32.2. The molecule has 5 rings (SSSR count). The van der Waals surface area contributed by atoms with Crippen molar-refractivity contribution >= 4 is 23.4 Å². The van der Waals surface area contributed by atoms with E-state index in [4.69, 9.17) is 10.5 Å². The van der Waals surface area contributed by atoms with Crippen LogP contribution in [-0.2, 0) is 16.1 Å². The average molecular weight is 487 g/mol. The Bertz CT molecular complexity index is 915. The molecule has 4 aliphatic heterocycles. The number of carbonyl (C=O) groups is 1. The maximum atomic E-state index is 13.4. The number of anilines is 1. The van der Waals surface area contributed by atoms with Crippen LogP contribution in [0.3, 0.4) is 0 Å². The van der Waals surface area contributed by atoms with E-state index in [2.05, 4.69) is 52.4 Å². The summed E-state index contributed by atoms with van der Waals surface area (Å²) in [6.07, 6.45) is 11.6. The number of allylic oxidation sites excluding steroid dienone is 1. The fourth-order valence-corrected chi connectivity index (χ4v) is 6.40. The largest absolute Gasteiger partial charge is 0.399 e. The van der Waals surface area contributed by atoms with Gasteiger partial charge in [-0.1, -0.05) is 24.3 Å². The van der Waals surface area contributed by atoms with Crippen LogP contribution in [0.4, 0.5) is 5.69 Å². The first-order valence-electron chi connectivity index (χ1n) is 12.5. The van der Waals surface area contributed by atoms with Gasteiger partial charge in [0.05, 0.1) is 37.0 Å². The summed E-state index contributed by atoms with van der Waals surface area (Å²) in [6.45, 7) is 4.10. The first-order valence-corrected chi connectivity index (χ1v) is 13.8. The second kappa shape index (κ2) is 10.2. The van der Waals surface area contributed by atoms with E-state index in [1.807, 2.05) is 23.2 Å². The number of hydrogen-bond acceptors (Lipinski definition) is 8. The molecule has 186 valence electrons. The molecule has 5 unspecified atom stereocenters. The third-order valence-electron chi connectivity index (χ3n) is 7.79. The predicted molar refractivity (Wildman–Crippen MR) is 136 cm³/mol. The Morgan fingerprint density at radius 3 is 2.97 bits per heavy atom. The summed E-state index contributed by atoms with van der Waals surface area (Å²) in [5.41, 5.74) is 7.67. The van der Waals surface area contributed by atoms with Crippen LogP contribution in [0.1, 0.15) is 44.6 Å². The van der Waals surface area contributed by atoms with E-state index < -0.39 is 0 Å². The second-order valence-corrected chi connectivity index (χ2v) is 11.0. The monoisotopic (exact) mass is 486 g/mol. The molecule has 0 radical (unpaired) electrons. The molecule has 5 N–H and O–H groups in total. The molecular formula is C25H38N6O2S. The Morgan fingerprint density at radius 1 is 1.26 bits per heavy atom. The fraction of sp³-hybridized carbons (Fsp3) is 0.640. The third kappa shape index (κ3) is 4.74. The van der Waals surface area contributed by atoms with Gasteiger partial charge in [-0.2, -0.15) is 5.01 Å². The summed E-state index contributed by atoms with van der Waals surface area (Å²) in [5, 5.41) is 15.3. The number of hydrazine groups is 1. The molecule has 0 aliphatic carbocycles. The Kier molecular flexibility index (Phi) is 7.20. The molecule has 0 spiro atoms. The summed E-state index contributed by atoms with van der Waals surface area (Å²) in [7, 11) is 0. The lowest BCUT2D eigenvalue weighted by Gasteiger charge is -2.48. The molecule has 3 saturated heterocycles. The van der Waals surface area contributed by atoms with Gasteiger partial charge >= 0.3 is 0 Å².